The number of ether oxygens (including phenoxy) is 4. The lowest BCUT2D eigenvalue weighted by molar-refractivity contribution is -0.147. The monoisotopic (exact) mass is 1510 g/mol. The van der Waals surface area contributed by atoms with Crippen molar-refractivity contribution in [1.82, 2.24) is 41.7 Å². The summed E-state index contributed by atoms with van der Waals surface area (Å²) in [5, 5.41) is 15.6. The van der Waals surface area contributed by atoms with E-state index in [2.05, 4.69) is 31.9 Å². The van der Waals surface area contributed by atoms with Crippen LogP contribution < -0.4 is 31.9 Å². The van der Waals surface area contributed by atoms with E-state index in [0.717, 1.165) is 40.1 Å². The lowest BCUT2D eigenvalue weighted by atomic mass is 10.1. The Labute approximate surface area is 617 Å². The summed E-state index contributed by atoms with van der Waals surface area (Å²) in [7, 11) is 0. The summed E-state index contributed by atoms with van der Waals surface area (Å²) in [6.45, 7) is -3.98. The van der Waals surface area contributed by atoms with Gasteiger partial charge in [0.2, 0.25) is 23.6 Å². The first-order chi connectivity index (χ1) is 51.7. The summed E-state index contributed by atoms with van der Waals surface area (Å²) in [5.74, 6) is -7.63. The van der Waals surface area contributed by atoms with Crippen LogP contribution >= 0.6 is 0 Å². The van der Waals surface area contributed by atoms with Gasteiger partial charge in [-0.05, 0) is 139 Å². The molecule has 6 N–H and O–H groups in total. The number of alkyl halides is 6. The lowest BCUT2D eigenvalue weighted by Crippen LogP contribution is -2.47. The Bertz CT molecular complexity index is 3860. The molecule has 0 radical (unpaired) electrons. The van der Waals surface area contributed by atoms with Crippen molar-refractivity contribution in [2.45, 2.75) is 102 Å². The number of carbonyl (C=O) groups excluding carboxylic acids is 10. The summed E-state index contributed by atoms with van der Waals surface area (Å²) < 4.78 is 129. The molecular formula is C78H82F8N8O14. The number of alkyl carbamates (subject to hydrolysis) is 2. The minimum absolute atomic E-state index is 0.0256. The van der Waals surface area contributed by atoms with Crippen LogP contribution in [-0.2, 0) is 99.0 Å². The smallest absolute Gasteiger partial charge is 0.416 e. The molecule has 0 aromatic heterocycles. The van der Waals surface area contributed by atoms with Crippen molar-refractivity contribution in [3.8, 4) is 0 Å². The van der Waals surface area contributed by atoms with Crippen molar-refractivity contribution in [1.29, 1.82) is 0 Å². The number of carbonyl (C=O) groups is 10. The van der Waals surface area contributed by atoms with Gasteiger partial charge in [0.15, 0.2) is 0 Å². The molecule has 0 aliphatic rings. The quantitative estimate of drug-likeness (QED) is 0.00902. The Kier molecular flexibility index (Phi) is 33.3. The molecule has 108 heavy (non-hydrogen) atoms. The molecule has 0 fully saturated rings. The third kappa shape index (κ3) is 30.4. The van der Waals surface area contributed by atoms with Crippen LogP contribution in [0.3, 0.4) is 0 Å². The Morgan fingerprint density at radius 1 is 0.352 bits per heavy atom. The SMILES string of the molecule is O=C(CN(CC(=O)NCCc1ccc(F)cc1)C(=O)c1cccc(C(=O)N(CC(=O)NCCCC[C@@H](NC(=O)OCc2ccccc2)C(=O)OCCc2cccc(C(F)(F)F)c2)CC(=O)NCCc2ccc(F)cc2)c1)NCCCC[C@@H](NC(=O)OCc1ccccc1)C(=O)OCCc1cccc(C(F)(F)F)c1. The number of esters is 2. The van der Waals surface area contributed by atoms with Gasteiger partial charge in [-0.2, -0.15) is 26.3 Å². The van der Waals surface area contributed by atoms with Gasteiger partial charge in [-0.1, -0.05) is 127 Å². The van der Waals surface area contributed by atoms with Gasteiger partial charge in [0.05, 0.1) is 24.3 Å². The van der Waals surface area contributed by atoms with Gasteiger partial charge in [-0.3, -0.25) is 28.8 Å². The second kappa shape index (κ2) is 43.0. The van der Waals surface area contributed by atoms with E-state index in [1.165, 1.54) is 91.0 Å². The van der Waals surface area contributed by atoms with Crippen LogP contribution in [0.4, 0.5) is 44.7 Å². The Morgan fingerprint density at radius 2 is 0.694 bits per heavy atom. The Hall–Kier alpha value is -11.7. The van der Waals surface area contributed by atoms with Crippen molar-refractivity contribution in [2.75, 3.05) is 65.6 Å². The first-order valence-corrected chi connectivity index (χ1v) is 34.6. The second-order valence-electron chi connectivity index (χ2n) is 24.8. The highest BCUT2D eigenvalue weighted by Crippen LogP contribution is 2.31. The fourth-order valence-corrected chi connectivity index (χ4v) is 10.7. The van der Waals surface area contributed by atoms with Crippen LogP contribution in [0.1, 0.15) is 104 Å². The summed E-state index contributed by atoms with van der Waals surface area (Å²) in [4.78, 5) is 139. The summed E-state index contributed by atoms with van der Waals surface area (Å²) in [6, 6.07) is 39.7. The topological polar surface area (TPSA) is 286 Å². The number of halogens is 8. The van der Waals surface area contributed by atoms with E-state index in [-0.39, 0.29) is 139 Å². The highest BCUT2D eigenvalue weighted by atomic mass is 19.4. The molecule has 7 rings (SSSR count). The van der Waals surface area contributed by atoms with E-state index in [9.17, 15) is 83.1 Å². The zero-order valence-electron chi connectivity index (χ0n) is 58.7. The van der Waals surface area contributed by atoms with E-state index in [1.54, 1.807) is 60.7 Å². The molecule has 2 atom stereocenters. The number of unbranched alkanes of at least 4 members (excludes halogenated alkanes) is 2. The Balaban J connectivity index is 0.998. The van der Waals surface area contributed by atoms with Crippen LogP contribution in [0.5, 0.6) is 0 Å². The van der Waals surface area contributed by atoms with E-state index in [0.29, 0.717) is 22.3 Å². The molecule has 7 aromatic carbocycles. The number of nitrogens with zero attached hydrogens (tertiary/aromatic N) is 2. The lowest BCUT2D eigenvalue weighted by Gasteiger charge is -2.24. The average molecular weight is 1510 g/mol. The third-order valence-electron chi connectivity index (χ3n) is 16.4. The molecular weight excluding hydrogens is 1420 g/mol. The number of hydrogen-bond acceptors (Lipinski definition) is 14. The largest absolute Gasteiger partial charge is 0.464 e. The van der Waals surface area contributed by atoms with Gasteiger partial charge < -0.3 is 60.6 Å². The summed E-state index contributed by atoms with van der Waals surface area (Å²) in [6.07, 6.45) is -10.3. The molecule has 0 unspecified atom stereocenters. The molecule has 0 bridgehead atoms. The predicted molar refractivity (Wildman–Crippen MR) is 378 cm³/mol. The molecule has 7 aromatic rings. The van der Waals surface area contributed by atoms with Crippen molar-refractivity contribution in [2.24, 2.45) is 0 Å². The fourth-order valence-electron chi connectivity index (χ4n) is 10.7. The van der Waals surface area contributed by atoms with Gasteiger partial charge in [0.1, 0.15) is 63.1 Å². The summed E-state index contributed by atoms with van der Waals surface area (Å²) in [5.41, 5.74) is 0.880. The molecule has 30 heteroatoms. The number of amides is 8. The minimum atomic E-state index is -4.61. The third-order valence-corrected chi connectivity index (χ3v) is 16.4. The standard InChI is InChI=1S/C78H82F8N8O14/c79-63-30-26-53(27-31-63)34-40-89-69(97)49-93(47-67(95)87-38-9-7-24-65(91-75(103)107-51-57-14-3-1-4-15-57)73(101)105-42-36-55-18-11-22-61(44-55)77(81,82)83)71(99)59-20-13-21-60(46-59)72(100)94(50-70(98)90-41-35-54-28-32-64(80)33-29-54)48-68(96)88-39-10-8-25-66(92-76(104)108-52-58-16-5-2-6-17-58)74(102)106-43-37-56-19-12-23-62(45-56)78(84,85)86/h1-6,11-23,26-33,44-46,65-66H,7-10,24-25,34-43,47-52H2,(H,87,95)(H,88,96)(H,89,97)(H,90,98)(H,91,103)(H,92,104)/t65-,66-/m1/s1. The summed E-state index contributed by atoms with van der Waals surface area (Å²) >= 11 is 0. The maximum atomic E-state index is 14.6. The Morgan fingerprint density at radius 3 is 1.06 bits per heavy atom. The van der Waals surface area contributed by atoms with Crippen LogP contribution in [0, 0.1) is 11.6 Å². The molecule has 0 aliphatic heterocycles. The predicted octanol–water partition coefficient (Wildman–Crippen LogP) is 10.3. The number of benzene rings is 7. The molecule has 0 aliphatic carbocycles. The van der Waals surface area contributed by atoms with Crippen LogP contribution in [0.25, 0.3) is 0 Å². The number of hydrogen-bond donors (Lipinski definition) is 6. The molecule has 0 heterocycles. The van der Waals surface area contributed by atoms with Crippen LogP contribution in [0.15, 0.2) is 182 Å². The average Bonchev–Trinajstić information content (AvgIpc) is 0.855. The highest BCUT2D eigenvalue weighted by molar-refractivity contribution is 6.03. The minimum Gasteiger partial charge on any atom is -0.464 e. The van der Waals surface area contributed by atoms with Crippen LogP contribution in [0.2, 0.25) is 0 Å². The fraction of sp³-hybridized carbons (Fsp3) is 0.333. The molecule has 574 valence electrons. The molecule has 22 nitrogen and oxygen atoms in total. The van der Waals surface area contributed by atoms with E-state index in [1.807, 2.05) is 0 Å². The van der Waals surface area contributed by atoms with Gasteiger partial charge in [-0.25, -0.2) is 28.0 Å². The molecule has 0 saturated carbocycles. The first-order valence-electron chi connectivity index (χ1n) is 34.6. The maximum Gasteiger partial charge on any atom is 0.416 e. The number of rotatable bonds is 40. The zero-order valence-corrected chi connectivity index (χ0v) is 58.7. The normalized spacial score (nSPS) is 11.7. The van der Waals surface area contributed by atoms with Gasteiger partial charge in [0, 0.05) is 50.1 Å². The van der Waals surface area contributed by atoms with E-state index in [4.69, 9.17) is 18.9 Å². The van der Waals surface area contributed by atoms with Gasteiger partial charge in [-0.15, -0.1) is 0 Å². The molecule has 0 saturated heterocycles. The highest BCUT2D eigenvalue weighted by Gasteiger charge is 2.33. The first kappa shape index (κ1) is 83.6. The van der Waals surface area contributed by atoms with Crippen molar-refractivity contribution in [3.05, 3.63) is 249 Å². The maximum absolute atomic E-state index is 14.6. The van der Waals surface area contributed by atoms with Crippen molar-refractivity contribution >= 4 is 59.6 Å². The van der Waals surface area contributed by atoms with Crippen molar-refractivity contribution < 1.29 is 102 Å². The zero-order chi connectivity index (χ0) is 77.9. The van der Waals surface area contributed by atoms with E-state index < -0.39 is 133 Å². The van der Waals surface area contributed by atoms with Crippen molar-refractivity contribution in [3.63, 3.8) is 0 Å². The van der Waals surface area contributed by atoms with E-state index >= 15 is 0 Å². The number of nitrogens with one attached hydrogen (secondary N) is 6. The second-order valence-corrected chi connectivity index (χ2v) is 24.8. The van der Waals surface area contributed by atoms with Crippen LogP contribution in [-0.4, -0.2) is 147 Å². The molecule has 8 amide bonds. The van der Waals surface area contributed by atoms with Gasteiger partial charge >= 0.3 is 36.5 Å². The molecule has 0 spiro atoms. The van der Waals surface area contributed by atoms with Gasteiger partial charge in [0.25, 0.3) is 11.8 Å².